The van der Waals surface area contributed by atoms with E-state index in [1.807, 2.05) is 0 Å². The number of rotatable bonds is 7. The highest BCUT2D eigenvalue weighted by molar-refractivity contribution is 6.13. The van der Waals surface area contributed by atoms with Crippen LogP contribution in [0.3, 0.4) is 0 Å². The van der Waals surface area contributed by atoms with Crippen molar-refractivity contribution in [3.8, 4) is 11.1 Å². The van der Waals surface area contributed by atoms with Gasteiger partial charge in [-0.2, -0.15) is 0 Å². The van der Waals surface area contributed by atoms with Gasteiger partial charge in [0.2, 0.25) is 0 Å². The van der Waals surface area contributed by atoms with Crippen LogP contribution in [0, 0.1) is 0 Å². The molecule has 0 saturated carbocycles. The van der Waals surface area contributed by atoms with Gasteiger partial charge in [0.05, 0.1) is 11.4 Å². The second kappa shape index (κ2) is 15.2. The van der Waals surface area contributed by atoms with Gasteiger partial charge < -0.3 is 18.6 Å². The molecular weight excluding hydrogens is 829 g/mol. The minimum absolute atomic E-state index is 0.860. The Labute approximate surface area is 391 Å². The Kier molecular flexibility index (Phi) is 8.55. The van der Waals surface area contributed by atoms with Crippen molar-refractivity contribution < 1.29 is 8.83 Å². The SMILES string of the molecule is c1ccc2cc3c(cc2c1)oc1cc(N(c2ccc(-c4ccc(N(c5ccc6c(c5)oc5cc7ccccc7cc56)c5cccc6ccccc56)cc4)cc2)c2cccc4ccccc24)ccc13. The lowest BCUT2D eigenvalue weighted by atomic mass is 10.0. The van der Waals surface area contributed by atoms with Gasteiger partial charge in [-0.3, -0.25) is 0 Å². The van der Waals surface area contributed by atoms with Gasteiger partial charge in [-0.25, -0.2) is 0 Å². The number of benzene rings is 12. The van der Waals surface area contributed by atoms with Gasteiger partial charge in [0.15, 0.2) is 0 Å². The van der Waals surface area contributed by atoms with E-state index < -0.39 is 0 Å². The van der Waals surface area contributed by atoms with E-state index in [2.05, 4.69) is 252 Å². The molecule has 0 radical (unpaired) electrons. The van der Waals surface area contributed by atoms with E-state index >= 15 is 0 Å². The third kappa shape index (κ3) is 6.23. The van der Waals surface area contributed by atoms with Gasteiger partial charge in [-0.1, -0.05) is 146 Å². The van der Waals surface area contributed by atoms with Crippen molar-refractivity contribution in [3.05, 3.63) is 243 Å². The topological polar surface area (TPSA) is 32.8 Å². The molecule has 0 aliphatic rings. The van der Waals surface area contributed by atoms with Crippen molar-refractivity contribution >= 4 is 121 Å². The van der Waals surface area contributed by atoms with Crippen LogP contribution in [0.4, 0.5) is 34.1 Å². The summed E-state index contributed by atoms with van der Waals surface area (Å²) in [6.07, 6.45) is 0. The van der Waals surface area contributed by atoms with Crippen LogP contribution >= 0.6 is 0 Å². The summed E-state index contributed by atoms with van der Waals surface area (Å²) in [6, 6.07) is 87.0. The van der Waals surface area contributed by atoms with E-state index in [4.69, 9.17) is 8.83 Å². The maximum Gasteiger partial charge on any atom is 0.137 e. The first-order valence-electron chi connectivity index (χ1n) is 23.1. The minimum Gasteiger partial charge on any atom is -0.456 e. The number of hydrogen-bond donors (Lipinski definition) is 0. The van der Waals surface area contributed by atoms with Gasteiger partial charge in [0.25, 0.3) is 0 Å². The van der Waals surface area contributed by atoms with Crippen molar-refractivity contribution in [1.82, 2.24) is 0 Å². The zero-order valence-electron chi connectivity index (χ0n) is 36.8. The molecule has 4 heteroatoms. The Morgan fingerprint density at radius 3 is 0.985 bits per heavy atom. The van der Waals surface area contributed by atoms with Gasteiger partial charge in [-0.15, -0.1) is 0 Å². The van der Waals surface area contributed by atoms with Crippen LogP contribution in [0.1, 0.15) is 0 Å². The van der Waals surface area contributed by atoms with Crippen molar-refractivity contribution in [2.24, 2.45) is 0 Å². The van der Waals surface area contributed by atoms with Gasteiger partial charge in [-0.05, 0) is 128 Å². The average molecular weight is 869 g/mol. The fourth-order valence-corrected chi connectivity index (χ4v) is 10.4. The minimum atomic E-state index is 0.860. The van der Waals surface area contributed by atoms with E-state index in [1.165, 1.54) is 43.1 Å². The lowest BCUT2D eigenvalue weighted by molar-refractivity contribution is 0.669. The Morgan fingerprint density at radius 1 is 0.221 bits per heavy atom. The Balaban J connectivity index is 0.851. The normalized spacial score (nSPS) is 11.8. The van der Waals surface area contributed by atoms with Crippen LogP contribution < -0.4 is 9.80 Å². The highest BCUT2D eigenvalue weighted by Crippen LogP contribution is 2.45. The summed E-state index contributed by atoms with van der Waals surface area (Å²) < 4.78 is 13.2. The summed E-state index contributed by atoms with van der Waals surface area (Å²) in [5, 5.41) is 13.9. The second-order valence-electron chi connectivity index (χ2n) is 17.7. The van der Waals surface area contributed by atoms with Crippen LogP contribution in [-0.4, -0.2) is 0 Å². The van der Waals surface area contributed by atoms with Crippen LogP contribution in [-0.2, 0) is 0 Å². The van der Waals surface area contributed by atoms with Crippen LogP contribution in [0.2, 0.25) is 0 Å². The standard InChI is InChI=1S/C64H40N2O2/c1-3-15-47-37-61-57(35-45(47)13-1)55-33-31-51(39-63(55)67-61)65(59-21-9-17-43-11-5-7-19-53(43)59)49-27-23-41(24-28-49)42-25-29-50(30-26-42)66(60-22-10-18-44-12-6-8-20-54(44)60)52-32-34-56-58-36-46-14-2-4-16-48(46)38-62(58)68-64(56)40-52/h1-40H. The zero-order valence-corrected chi connectivity index (χ0v) is 36.8. The van der Waals surface area contributed by atoms with Crippen LogP contribution in [0.25, 0.3) is 98.1 Å². The second-order valence-corrected chi connectivity index (χ2v) is 17.7. The third-order valence-electron chi connectivity index (χ3n) is 13.8. The molecule has 0 spiro atoms. The molecule has 0 bridgehead atoms. The molecule has 2 aromatic heterocycles. The summed E-state index contributed by atoms with van der Waals surface area (Å²) in [6.45, 7) is 0. The highest BCUT2D eigenvalue weighted by Gasteiger charge is 2.20. The van der Waals surface area contributed by atoms with Gasteiger partial charge >= 0.3 is 0 Å². The average Bonchev–Trinajstić information content (AvgIpc) is 3.94. The predicted molar refractivity (Wildman–Crippen MR) is 286 cm³/mol. The molecule has 0 amide bonds. The summed E-state index contributed by atoms with van der Waals surface area (Å²) >= 11 is 0. The van der Waals surface area contributed by atoms with Gasteiger partial charge in [0, 0.05) is 67.2 Å². The molecule has 0 atom stereocenters. The molecule has 318 valence electrons. The maximum atomic E-state index is 6.60. The molecule has 4 nitrogen and oxygen atoms in total. The predicted octanol–water partition coefficient (Wildman–Crippen LogP) is 18.7. The lowest BCUT2D eigenvalue weighted by Crippen LogP contribution is -2.10. The van der Waals surface area contributed by atoms with Gasteiger partial charge in [0.1, 0.15) is 22.3 Å². The number of fused-ring (bicyclic) bond motifs is 10. The maximum absolute atomic E-state index is 6.60. The summed E-state index contributed by atoms with van der Waals surface area (Å²) in [7, 11) is 0. The van der Waals surface area contributed by atoms with Crippen molar-refractivity contribution in [2.75, 3.05) is 9.80 Å². The first-order valence-corrected chi connectivity index (χ1v) is 23.1. The molecule has 14 aromatic rings. The molecule has 0 aliphatic carbocycles. The van der Waals surface area contributed by atoms with E-state index in [0.29, 0.717) is 0 Å². The molecule has 0 N–H and O–H groups in total. The van der Waals surface area contributed by atoms with Crippen LogP contribution in [0.15, 0.2) is 251 Å². The Hall–Kier alpha value is -9.12. The van der Waals surface area contributed by atoms with Crippen molar-refractivity contribution in [2.45, 2.75) is 0 Å². The van der Waals surface area contributed by atoms with Crippen LogP contribution in [0.5, 0.6) is 0 Å². The zero-order chi connectivity index (χ0) is 44.7. The fraction of sp³-hybridized carbons (Fsp3) is 0. The quantitative estimate of drug-likeness (QED) is 0.160. The number of furan rings is 2. The van der Waals surface area contributed by atoms with E-state index in [-0.39, 0.29) is 0 Å². The number of hydrogen-bond acceptors (Lipinski definition) is 4. The molecule has 0 fully saturated rings. The summed E-state index contributed by atoms with van der Waals surface area (Å²) in [4.78, 5) is 4.70. The van der Waals surface area contributed by atoms with E-state index in [9.17, 15) is 0 Å². The highest BCUT2D eigenvalue weighted by atomic mass is 16.3. The smallest absolute Gasteiger partial charge is 0.137 e. The molecule has 0 unspecified atom stereocenters. The molecule has 68 heavy (non-hydrogen) atoms. The number of anilines is 6. The largest absolute Gasteiger partial charge is 0.456 e. The van der Waals surface area contributed by atoms with E-state index in [0.717, 1.165) is 89.1 Å². The Morgan fingerprint density at radius 2 is 0.559 bits per heavy atom. The third-order valence-corrected chi connectivity index (χ3v) is 13.8. The molecular formula is C64H40N2O2. The monoisotopic (exact) mass is 868 g/mol. The molecule has 14 rings (SSSR count). The summed E-state index contributed by atoms with van der Waals surface area (Å²) in [5.74, 6) is 0. The molecule has 0 saturated heterocycles. The van der Waals surface area contributed by atoms with Crippen molar-refractivity contribution in [1.29, 1.82) is 0 Å². The molecule has 12 aromatic carbocycles. The Bertz CT molecular complexity index is 3990. The number of nitrogens with zero attached hydrogens (tertiary/aromatic N) is 2. The lowest BCUT2D eigenvalue weighted by Gasteiger charge is -2.27. The first-order chi connectivity index (χ1) is 33.7. The fourth-order valence-electron chi connectivity index (χ4n) is 10.4. The van der Waals surface area contributed by atoms with Crippen molar-refractivity contribution in [3.63, 3.8) is 0 Å². The molecule has 2 heterocycles. The first kappa shape index (κ1) is 38.2. The van der Waals surface area contributed by atoms with E-state index in [1.54, 1.807) is 0 Å². The molecule has 0 aliphatic heterocycles. The summed E-state index contributed by atoms with van der Waals surface area (Å²) in [5.41, 5.74) is 12.1.